The van der Waals surface area contributed by atoms with Gasteiger partial charge in [0.05, 0.1) is 16.1 Å². The number of esters is 1. The summed E-state index contributed by atoms with van der Waals surface area (Å²) in [6, 6.07) is 11.6. The quantitative estimate of drug-likeness (QED) is 0.582. The van der Waals surface area contributed by atoms with E-state index in [1.807, 2.05) is 12.1 Å². The number of pyridine rings is 1. The standard InChI is InChI=1S/C21H21N3O4S/c1-13(2)19(24-20(26)17-9-5-11-29-17)21(27)28-12-18(25)23-16-8-3-7-15-14(16)6-4-10-22-15/h3-11,13,19H,12H2,1-2H3,(H,23,25)(H,24,26). The number of benzene rings is 1. The molecule has 0 saturated carbocycles. The second-order valence-corrected chi connectivity index (χ2v) is 7.65. The van der Waals surface area contributed by atoms with Crippen molar-refractivity contribution in [3.63, 3.8) is 0 Å². The monoisotopic (exact) mass is 411 g/mol. The summed E-state index contributed by atoms with van der Waals surface area (Å²) in [7, 11) is 0. The van der Waals surface area contributed by atoms with E-state index in [0.29, 0.717) is 10.6 Å². The number of aromatic nitrogens is 1. The van der Waals surface area contributed by atoms with Crippen molar-refractivity contribution in [3.8, 4) is 0 Å². The number of ether oxygens (including phenoxy) is 1. The van der Waals surface area contributed by atoms with Gasteiger partial charge >= 0.3 is 5.97 Å². The molecule has 1 unspecified atom stereocenters. The molecule has 0 radical (unpaired) electrons. The molecule has 0 spiro atoms. The summed E-state index contributed by atoms with van der Waals surface area (Å²) in [5, 5.41) is 7.98. The maximum atomic E-state index is 12.4. The number of carbonyl (C=O) groups excluding carboxylic acids is 3. The number of hydrogen-bond acceptors (Lipinski definition) is 6. The molecule has 3 aromatic rings. The molecule has 2 N–H and O–H groups in total. The van der Waals surface area contributed by atoms with Crippen molar-refractivity contribution in [2.24, 2.45) is 5.92 Å². The number of anilines is 1. The number of amides is 2. The Morgan fingerprint density at radius 2 is 1.93 bits per heavy atom. The number of rotatable bonds is 7. The minimum atomic E-state index is -0.848. The highest BCUT2D eigenvalue weighted by molar-refractivity contribution is 7.12. The molecule has 29 heavy (non-hydrogen) atoms. The van der Waals surface area contributed by atoms with E-state index in [1.54, 1.807) is 55.8 Å². The molecule has 0 fully saturated rings. The predicted molar refractivity (Wildman–Crippen MR) is 112 cm³/mol. The molecule has 2 heterocycles. The maximum Gasteiger partial charge on any atom is 0.329 e. The topological polar surface area (TPSA) is 97.4 Å². The first kappa shape index (κ1) is 20.5. The summed E-state index contributed by atoms with van der Waals surface area (Å²) in [5.41, 5.74) is 1.33. The van der Waals surface area contributed by atoms with Gasteiger partial charge < -0.3 is 15.4 Å². The Bertz CT molecular complexity index is 1010. The van der Waals surface area contributed by atoms with Gasteiger partial charge in [-0.1, -0.05) is 26.0 Å². The largest absolute Gasteiger partial charge is 0.454 e. The Kier molecular flexibility index (Phi) is 6.56. The SMILES string of the molecule is CC(C)C(NC(=O)c1cccs1)C(=O)OCC(=O)Nc1cccc2ncccc12. The first-order valence-corrected chi connectivity index (χ1v) is 9.98. The van der Waals surface area contributed by atoms with Crippen molar-refractivity contribution in [2.75, 3.05) is 11.9 Å². The van der Waals surface area contributed by atoms with E-state index in [1.165, 1.54) is 11.3 Å². The molecule has 0 aliphatic heterocycles. The van der Waals surface area contributed by atoms with Gasteiger partial charge in [0.25, 0.3) is 11.8 Å². The lowest BCUT2D eigenvalue weighted by Gasteiger charge is -2.20. The highest BCUT2D eigenvalue weighted by atomic mass is 32.1. The van der Waals surface area contributed by atoms with Gasteiger partial charge in [0.2, 0.25) is 0 Å². The average molecular weight is 411 g/mol. The zero-order chi connectivity index (χ0) is 20.8. The van der Waals surface area contributed by atoms with Crippen LogP contribution in [-0.4, -0.2) is 35.4 Å². The highest BCUT2D eigenvalue weighted by Crippen LogP contribution is 2.21. The lowest BCUT2D eigenvalue weighted by molar-refractivity contribution is -0.150. The Hall–Kier alpha value is -3.26. The van der Waals surface area contributed by atoms with Crippen LogP contribution in [0.3, 0.4) is 0 Å². The predicted octanol–water partition coefficient (Wildman–Crippen LogP) is 3.23. The van der Waals surface area contributed by atoms with Crippen molar-refractivity contribution in [1.82, 2.24) is 10.3 Å². The number of nitrogens with one attached hydrogen (secondary N) is 2. The van der Waals surface area contributed by atoms with E-state index in [4.69, 9.17) is 4.74 Å². The molecule has 7 nitrogen and oxygen atoms in total. The fourth-order valence-corrected chi connectivity index (χ4v) is 3.37. The van der Waals surface area contributed by atoms with Crippen LogP contribution in [0.2, 0.25) is 0 Å². The summed E-state index contributed by atoms with van der Waals surface area (Å²) in [6.07, 6.45) is 1.67. The lowest BCUT2D eigenvalue weighted by atomic mass is 10.0. The number of thiophene rings is 1. The zero-order valence-electron chi connectivity index (χ0n) is 16.0. The maximum absolute atomic E-state index is 12.4. The van der Waals surface area contributed by atoms with Crippen LogP contribution in [0.15, 0.2) is 54.0 Å². The van der Waals surface area contributed by atoms with E-state index in [2.05, 4.69) is 15.6 Å². The summed E-state index contributed by atoms with van der Waals surface area (Å²) < 4.78 is 5.15. The molecule has 8 heteroatoms. The van der Waals surface area contributed by atoms with Gasteiger partial charge in [-0.05, 0) is 41.6 Å². The normalized spacial score (nSPS) is 11.8. The van der Waals surface area contributed by atoms with Crippen LogP contribution in [0, 0.1) is 5.92 Å². The van der Waals surface area contributed by atoms with E-state index in [0.717, 1.165) is 10.9 Å². The first-order valence-electron chi connectivity index (χ1n) is 9.10. The van der Waals surface area contributed by atoms with Crippen LogP contribution >= 0.6 is 11.3 Å². The molecule has 1 aromatic carbocycles. The van der Waals surface area contributed by atoms with Crippen LogP contribution in [0.25, 0.3) is 10.9 Å². The number of nitrogens with zero attached hydrogens (tertiary/aromatic N) is 1. The Morgan fingerprint density at radius 3 is 2.66 bits per heavy atom. The molecular formula is C21H21N3O4S. The van der Waals surface area contributed by atoms with Crippen molar-refractivity contribution in [3.05, 3.63) is 58.9 Å². The van der Waals surface area contributed by atoms with Gasteiger partial charge in [-0.25, -0.2) is 4.79 Å². The molecule has 150 valence electrons. The third kappa shape index (κ3) is 5.17. The molecule has 3 rings (SSSR count). The Morgan fingerprint density at radius 1 is 1.10 bits per heavy atom. The molecule has 1 atom stereocenters. The second-order valence-electron chi connectivity index (χ2n) is 6.70. The second kappa shape index (κ2) is 9.29. The lowest BCUT2D eigenvalue weighted by Crippen LogP contribution is -2.45. The highest BCUT2D eigenvalue weighted by Gasteiger charge is 2.27. The van der Waals surface area contributed by atoms with Gasteiger partial charge in [-0.2, -0.15) is 0 Å². The van der Waals surface area contributed by atoms with Crippen LogP contribution in [0.4, 0.5) is 5.69 Å². The number of carbonyl (C=O) groups is 3. The van der Waals surface area contributed by atoms with E-state index in [-0.39, 0.29) is 11.8 Å². The molecule has 0 bridgehead atoms. The summed E-state index contributed by atoms with van der Waals surface area (Å²) >= 11 is 1.28. The molecule has 2 amide bonds. The first-order chi connectivity index (χ1) is 14.0. The van der Waals surface area contributed by atoms with Gasteiger partial charge in [-0.3, -0.25) is 14.6 Å². The molecule has 0 aliphatic carbocycles. The molecule has 2 aromatic heterocycles. The van der Waals surface area contributed by atoms with Crippen molar-refractivity contribution in [2.45, 2.75) is 19.9 Å². The van der Waals surface area contributed by atoms with E-state index < -0.39 is 24.5 Å². The van der Waals surface area contributed by atoms with Gasteiger partial charge in [-0.15, -0.1) is 11.3 Å². The van der Waals surface area contributed by atoms with Crippen molar-refractivity contribution >= 4 is 45.7 Å². The number of hydrogen-bond donors (Lipinski definition) is 2. The van der Waals surface area contributed by atoms with E-state index >= 15 is 0 Å². The van der Waals surface area contributed by atoms with Crippen molar-refractivity contribution < 1.29 is 19.1 Å². The average Bonchev–Trinajstić information content (AvgIpc) is 3.25. The summed E-state index contributed by atoms with van der Waals surface area (Å²) in [4.78, 5) is 41.7. The zero-order valence-corrected chi connectivity index (χ0v) is 16.9. The Balaban J connectivity index is 1.59. The molecule has 0 saturated heterocycles. The van der Waals surface area contributed by atoms with Gasteiger partial charge in [0.1, 0.15) is 6.04 Å². The molecular weight excluding hydrogens is 390 g/mol. The Labute approximate surface area is 172 Å². The van der Waals surface area contributed by atoms with E-state index in [9.17, 15) is 14.4 Å². The minimum absolute atomic E-state index is 0.196. The summed E-state index contributed by atoms with van der Waals surface area (Å²) in [6.45, 7) is 3.14. The smallest absolute Gasteiger partial charge is 0.329 e. The van der Waals surface area contributed by atoms with Crippen LogP contribution in [0.5, 0.6) is 0 Å². The summed E-state index contributed by atoms with van der Waals surface area (Å²) in [5.74, 6) is -1.66. The van der Waals surface area contributed by atoms with Gasteiger partial charge in [0, 0.05) is 11.6 Å². The third-order valence-corrected chi connectivity index (χ3v) is 5.09. The van der Waals surface area contributed by atoms with Crippen molar-refractivity contribution in [1.29, 1.82) is 0 Å². The molecule has 0 aliphatic rings. The van der Waals surface area contributed by atoms with Crippen LogP contribution < -0.4 is 10.6 Å². The fourth-order valence-electron chi connectivity index (χ4n) is 2.74. The van der Waals surface area contributed by atoms with Gasteiger partial charge in [0.15, 0.2) is 6.61 Å². The third-order valence-electron chi connectivity index (χ3n) is 4.22. The fraction of sp³-hybridized carbons (Fsp3) is 0.238. The number of fused-ring (bicyclic) bond motifs is 1. The van der Waals surface area contributed by atoms with Crippen LogP contribution in [-0.2, 0) is 14.3 Å². The minimum Gasteiger partial charge on any atom is -0.454 e. The van der Waals surface area contributed by atoms with Crippen LogP contribution in [0.1, 0.15) is 23.5 Å².